The van der Waals surface area contributed by atoms with Crippen LogP contribution in [0.5, 0.6) is 0 Å². The van der Waals surface area contributed by atoms with E-state index < -0.39 is 10.0 Å². The minimum absolute atomic E-state index is 0.339. The highest BCUT2D eigenvalue weighted by atomic mass is 32.2. The number of hydrogen-bond donors (Lipinski definition) is 0. The highest BCUT2D eigenvalue weighted by Crippen LogP contribution is 2.29. The fraction of sp³-hybridized carbons (Fsp3) is 0.538. The molecule has 1 saturated heterocycles. The molecule has 1 fully saturated rings. The summed E-state index contributed by atoms with van der Waals surface area (Å²) in [5.41, 5.74) is 1.25. The fourth-order valence-electron chi connectivity index (χ4n) is 2.78. The number of imidazole rings is 1. The van der Waals surface area contributed by atoms with Crippen LogP contribution in [0.15, 0.2) is 23.6 Å². The van der Waals surface area contributed by atoms with Crippen LogP contribution in [-0.2, 0) is 23.6 Å². The van der Waals surface area contributed by atoms with Gasteiger partial charge in [-0.3, -0.25) is 4.68 Å². The molecule has 8 heteroatoms. The van der Waals surface area contributed by atoms with E-state index in [1.165, 1.54) is 4.31 Å². The molecule has 3 heterocycles. The van der Waals surface area contributed by atoms with E-state index in [9.17, 15) is 8.42 Å². The summed E-state index contributed by atoms with van der Waals surface area (Å²) < 4.78 is 30.5. The summed E-state index contributed by atoms with van der Waals surface area (Å²) >= 11 is 0. The van der Waals surface area contributed by atoms with Gasteiger partial charge in [0.05, 0.1) is 17.7 Å². The highest BCUT2D eigenvalue weighted by molar-refractivity contribution is 7.89. The molecule has 7 nitrogen and oxygen atoms in total. The molecule has 21 heavy (non-hydrogen) atoms. The molecule has 0 saturated carbocycles. The van der Waals surface area contributed by atoms with Crippen molar-refractivity contribution in [3.63, 3.8) is 0 Å². The van der Waals surface area contributed by atoms with E-state index in [1.54, 1.807) is 38.1 Å². The molecule has 1 aliphatic heterocycles. The molecule has 0 N–H and O–H groups in total. The first-order valence-electron chi connectivity index (χ1n) is 6.85. The first kappa shape index (κ1) is 14.3. The van der Waals surface area contributed by atoms with Gasteiger partial charge in [-0.05, 0) is 13.8 Å². The van der Waals surface area contributed by atoms with Gasteiger partial charge < -0.3 is 4.57 Å². The van der Waals surface area contributed by atoms with Crippen LogP contribution in [0.2, 0.25) is 0 Å². The van der Waals surface area contributed by atoms with Gasteiger partial charge in [-0.2, -0.15) is 9.40 Å². The Balaban J connectivity index is 1.73. The van der Waals surface area contributed by atoms with Crippen molar-refractivity contribution in [3.8, 4) is 0 Å². The second kappa shape index (κ2) is 4.96. The third kappa shape index (κ3) is 2.38. The number of rotatable bonds is 4. The summed E-state index contributed by atoms with van der Waals surface area (Å²) in [4.78, 5) is 4.35. The Kier molecular flexibility index (Phi) is 3.37. The van der Waals surface area contributed by atoms with E-state index in [-0.39, 0.29) is 0 Å². The number of sulfonamides is 1. The second-order valence-corrected chi connectivity index (χ2v) is 7.45. The van der Waals surface area contributed by atoms with E-state index >= 15 is 0 Å². The van der Waals surface area contributed by atoms with Crippen molar-refractivity contribution in [1.82, 2.24) is 23.6 Å². The Bertz CT molecular complexity index is 742. The number of aromatic nitrogens is 4. The Morgan fingerprint density at radius 2 is 2.05 bits per heavy atom. The zero-order chi connectivity index (χ0) is 15.2. The molecular formula is C13H19N5O2S. The Morgan fingerprint density at radius 3 is 2.57 bits per heavy atom. The van der Waals surface area contributed by atoms with Gasteiger partial charge in [-0.25, -0.2) is 13.4 Å². The zero-order valence-corrected chi connectivity index (χ0v) is 13.2. The van der Waals surface area contributed by atoms with E-state index in [2.05, 4.69) is 10.1 Å². The van der Waals surface area contributed by atoms with Gasteiger partial charge in [0.2, 0.25) is 10.0 Å². The van der Waals surface area contributed by atoms with Crippen LogP contribution in [0, 0.1) is 19.8 Å². The van der Waals surface area contributed by atoms with E-state index in [1.807, 2.05) is 10.8 Å². The molecule has 2 aromatic heterocycles. The molecule has 0 radical (unpaired) electrons. The fourth-order valence-corrected chi connectivity index (χ4v) is 4.78. The van der Waals surface area contributed by atoms with Crippen molar-refractivity contribution in [2.24, 2.45) is 13.0 Å². The maximum atomic E-state index is 12.7. The maximum Gasteiger partial charge on any atom is 0.246 e. The molecule has 0 aromatic carbocycles. The standard InChI is InChI=1S/C13H19N5O2S/c1-10-13(11(2)16(3)15-10)21(19,20)18-7-12(8-18)6-17-5-4-14-9-17/h4-5,9,12H,6-8H2,1-3H3. The quantitative estimate of drug-likeness (QED) is 0.827. The molecule has 2 aromatic rings. The van der Waals surface area contributed by atoms with Crippen molar-refractivity contribution in [1.29, 1.82) is 0 Å². The van der Waals surface area contributed by atoms with E-state index in [4.69, 9.17) is 0 Å². The van der Waals surface area contributed by atoms with Crippen LogP contribution in [-0.4, -0.2) is 45.1 Å². The van der Waals surface area contributed by atoms with Crippen molar-refractivity contribution in [2.75, 3.05) is 13.1 Å². The third-order valence-corrected chi connectivity index (χ3v) is 6.08. The van der Waals surface area contributed by atoms with Crippen LogP contribution in [0.1, 0.15) is 11.4 Å². The minimum atomic E-state index is -3.43. The largest absolute Gasteiger partial charge is 0.337 e. The lowest BCUT2D eigenvalue weighted by Gasteiger charge is -2.38. The molecule has 0 atom stereocenters. The highest BCUT2D eigenvalue weighted by Gasteiger charge is 2.39. The zero-order valence-electron chi connectivity index (χ0n) is 12.4. The second-order valence-electron chi connectivity index (χ2n) is 5.57. The predicted molar refractivity (Wildman–Crippen MR) is 77.2 cm³/mol. The molecule has 0 bridgehead atoms. The van der Waals surface area contributed by atoms with Crippen LogP contribution >= 0.6 is 0 Å². The average molecular weight is 309 g/mol. The Hall–Kier alpha value is -1.67. The van der Waals surface area contributed by atoms with Gasteiger partial charge in [0.1, 0.15) is 4.90 Å². The Labute approximate surface area is 124 Å². The van der Waals surface area contributed by atoms with E-state index in [0.717, 1.165) is 6.54 Å². The molecule has 114 valence electrons. The summed E-state index contributed by atoms with van der Waals surface area (Å²) in [6, 6.07) is 0. The SMILES string of the molecule is Cc1nn(C)c(C)c1S(=O)(=O)N1CC(Cn2ccnc2)C1. The predicted octanol–water partition coefficient (Wildman–Crippen LogP) is 0.554. The maximum absolute atomic E-state index is 12.7. The van der Waals surface area contributed by atoms with Gasteiger partial charge in [0.25, 0.3) is 0 Å². The van der Waals surface area contributed by atoms with Gasteiger partial charge in [0.15, 0.2) is 0 Å². The Morgan fingerprint density at radius 1 is 1.33 bits per heavy atom. The first-order chi connectivity index (χ1) is 9.89. The summed E-state index contributed by atoms with van der Waals surface area (Å²) in [7, 11) is -1.67. The lowest BCUT2D eigenvalue weighted by Crippen LogP contribution is -2.51. The normalized spacial score (nSPS) is 17.1. The number of hydrogen-bond acceptors (Lipinski definition) is 4. The smallest absolute Gasteiger partial charge is 0.246 e. The van der Waals surface area contributed by atoms with Crippen LogP contribution in [0.4, 0.5) is 0 Å². The third-order valence-electron chi connectivity index (χ3n) is 3.99. The molecule has 0 aliphatic carbocycles. The van der Waals surface area contributed by atoms with Gasteiger partial charge in [-0.1, -0.05) is 0 Å². The van der Waals surface area contributed by atoms with Gasteiger partial charge >= 0.3 is 0 Å². The lowest BCUT2D eigenvalue weighted by molar-refractivity contribution is 0.179. The van der Waals surface area contributed by atoms with Crippen LogP contribution in [0.3, 0.4) is 0 Å². The summed E-state index contributed by atoms with van der Waals surface area (Å²) in [6.07, 6.45) is 5.38. The van der Waals surface area contributed by atoms with Gasteiger partial charge in [-0.15, -0.1) is 0 Å². The summed E-state index contributed by atoms with van der Waals surface area (Å²) in [6.45, 7) is 5.43. The molecule has 3 rings (SSSR count). The van der Waals surface area contributed by atoms with Crippen molar-refractivity contribution in [2.45, 2.75) is 25.3 Å². The van der Waals surface area contributed by atoms with Crippen molar-refractivity contribution < 1.29 is 8.42 Å². The monoisotopic (exact) mass is 309 g/mol. The number of nitrogens with zero attached hydrogens (tertiary/aromatic N) is 5. The minimum Gasteiger partial charge on any atom is -0.337 e. The molecular weight excluding hydrogens is 290 g/mol. The topological polar surface area (TPSA) is 73.0 Å². The first-order valence-corrected chi connectivity index (χ1v) is 8.29. The van der Waals surface area contributed by atoms with Gasteiger partial charge in [0, 0.05) is 45.0 Å². The van der Waals surface area contributed by atoms with Crippen molar-refractivity contribution in [3.05, 3.63) is 30.1 Å². The molecule has 0 unspecified atom stereocenters. The van der Waals surface area contributed by atoms with Crippen LogP contribution in [0.25, 0.3) is 0 Å². The molecule has 0 spiro atoms. The van der Waals surface area contributed by atoms with E-state index in [0.29, 0.717) is 35.3 Å². The number of aryl methyl sites for hydroxylation is 2. The van der Waals surface area contributed by atoms with Crippen LogP contribution < -0.4 is 0 Å². The average Bonchev–Trinajstić information content (AvgIpc) is 2.92. The van der Waals surface area contributed by atoms with Crippen molar-refractivity contribution >= 4 is 10.0 Å². The molecule has 1 aliphatic rings. The molecule has 0 amide bonds. The summed E-state index contributed by atoms with van der Waals surface area (Å²) in [5, 5.41) is 4.20. The lowest BCUT2D eigenvalue weighted by atomic mass is 10.0. The summed E-state index contributed by atoms with van der Waals surface area (Å²) in [5.74, 6) is 0.339.